The minimum Gasteiger partial charge on any atom is -0.273 e. The first-order chi connectivity index (χ1) is 12.8. The molecule has 0 spiro atoms. The van der Waals surface area contributed by atoms with Crippen LogP contribution in [-0.2, 0) is 4.79 Å². The minimum atomic E-state index is -0.0313. The second-order valence-corrected chi connectivity index (χ2v) is 6.40. The van der Waals surface area contributed by atoms with Crippen molar-refractivity contribution >= 4 is 11.6 Å². The van der Waals surface area contributed by atoms with Gasteiger partial charge in [0, 0.05) is 29.4 Å². The molecule has 0 bridgehead atoms. The van der Waals surface area contributed by atoms with Crippen molar-refractivity contribution in [3.8, 4) is 0 Å². The fourth-order valence-corrected chi connectivity index (χ4v) is 3.14. The summed E-state index contributed by atoms with van der Waals surface area (Å²) in [5, 5.41) is 4.43. The van der Waals surface area contributed by atoms with E-state index in [1.54, 1.807) is 12.4 Å². The largest absolute Gasteiger partial charge is 0.273 e. The number of carbonyl (C=O) groups is 1. The van der Waals surface area contributed by atoms with Gasteiger partial charge < -0.3 is 0 Å². The lowest BCUT2D eigenvalue weighted by atomic mass is 10.0. The van der Waals surface area contributed by atoms with Crippen molar-refractivity contribution < 1.29 is 4.79 Å². The van der Waals surface area contributed by atoms with E-state index in [1.807, 2.05) is 60.7 Å². The summed E-state index contributed by atoms with van der Waals surface area (Å²) in [5.41, 5.74) is 6.50. The Hall–Kier alpha value is -3.27. The van der Waals surface area contributed by atoms with Crippen LogP contribution in [-0.4, -0.2) is 16.6 Å². The number of amides is 1. The number of pyridine rings is 1. The number of aromatic nitrogens is 1. The quantitative estimate of drug-likeness (QED) is 0.567. The Balaban J connectivity index is 1.52. The molecule has 1 heterocycles. The van der Waals surface area contributed by atoms with Crippen LogP contribution in [0.25, 0.3) is 0 Å². The number of carbonyl (C=O) groups excluding carboxylic acids is 1. The van der Waals surface area contributed by atoms with Gasteiger partial charge in [0.05, 0.1) is 5.71 Å². The van der Waals surface area contributed by atoms with Crippen molar-refractivity contribution in [1.82, 2.24) is 10.4 Å². The molecule has 4 rings (SSSR count). The summed E-state index contributed by atoms with van der Waals surface area (Å²) in [4.78, 5) is 16.7. The van der Waals surface area contributed by atoms with Crippen LogP contribution in [0, 0.1) is 5.92 Å². The lowest BCUT2D eigenvalue weighted by molar-refractivity contribution is -0.122. The smallest absolute Gasteiger partial charge is 0.243 e. The van der Waals surface area contributed by atoms with E-state index < -0.39 is 0 Å². The zero-order valence-corrected chi connectivity index (χ0v) is 14.2. The van der Waals surface area contributed by atoms with Crippen molar-refractivity contribution in [2.45, 2.75) is 12.3 Å². The Bertz CT molecular complexity index is 866. The second kappa shape index (κ2) is 7.31. The molecule has 26 heavy (non-hydrogen) atoms. The monoisotopic (exact) mass is 341 g/mol. The molecular weight excluding hydrogens is 322 g/mol. The van der Waals surface area contributed by atoms with Crippen molar-refractivity contribution in [3.63, 3.8) is 0 Å². The van der Waals surface area contributed by atoms with E-state index in [2.05, 4.69) is 27.6 Å². The number of nitrogens with one attached hydrogen (secondary N) is 1. The zero-order valence-electron chi connectivity index (χ0n) is 14.2. The fourth-order valence-electron chi connectivity index (χ4n) is 3.14. The van der Waals surface area contributed by atoms with Gasteiger partial charge in [-0.2, -0.15) is 5.10 Å². The summed E-state index contributed by atoms with van der Waals surface area (Å²) in [7, 11) is 0. The maximum absolute atomic E-state index is 12.5. The molecule has 1 fully saturated rings. The van der Waals surface area contributed by atoms with Gasteiger partial charge in [-0.15, -0.1) is 0 Å². The van der Waals surface area contributed by atoms with Gasteiger partial charge in [0.2, 0.25) is 5.91 Å². The molecule has 1 N–H and O–H groups in total. The molecule has 4 heteroatoms. The van der Waals surface area contributed by atoms with Gasteiger partial charge in [0.25, 0.3) is 0 Å². The maximum atomic E-state index is 12.5. The zero-order chi connectivity index (χ0) is 17.8. The third-order valence-corrected chi connectivity index (χ3v) is 4.62. The predicted octanol–water partition coefficient (Wildman–Crippen LogP) is 3.75. The number of nitrogens with zero attached hydrogens (tertiary/aromatic N) is 2. The molecule has 1 aliphatic carbocycles. The molecule has 1 saturated carbocycles. The molecule has 1 aliphatic rings. The lowest BCUT2D eigenvalue weighted by Crippen LogP contribution is -2.22. The van der Waals surface area contributed by atoms with Crippen molar-refractivity contribution in [1.29, 1.82) is 0 Å². The molecule has 0 saturated heterocycles. The molecule has 128 valence electrons. The fraction of sp³-hybridized carbons (Fsp3) is 0.136. The van der Waals surface area contributed by atoms with E-state index >= 15 is 0 Å². The van der Waals surface area contributed by atoms with Crippen LogP contribution >= 0.6 is 0 Å². The van der Waals surface area contributed by atoms with Gasteiger partial charge in [-0.3, -0.25) is 9.78 Å². The van der Waals surface area contributed by atoms with Crippen LogP contribution in [0.1, 0.15) is 29.0 Å². The van der Waals surface area contributed by atoms with Gasteiger partial charge in [0.1, 0.15) is 0 Å². The standard InChI is InChI=1S/C22H19N3O/c26-22(20-14-19(20)16-8-3-1-4-9-16)25-24-21(17-10-5-2-6-11-17)18-12-7-13-23-15-18/h1-13,15,19-20H,14H2,(H,25,26)/b24-21-/t19-,20-/m1/s1. The maximum Gasteiger partial charge on any atom is 0.243 e. The highest BCUT2D eigenvalue weighted by Crippen LogP contribution is 2.47. The number of rotatable bonds is 5. The van der Waals surface area contributed by atoms with Crippen LogP contribution in [0.5, 0.6) is 0 Å². The van der Waals surface area contributed by atoms with Crippen molar-refractivity contribution in [2.75, 3.05) is 0 Å². The Morgan fingerprint density at radius 1 is 0.923 bits per heavy atom. The minimum absolute atomic E-state index is 0.00734. The molecule has 1 aromatic heterocycles. The molecule has 2 aromatic carbocycles. The van der Waals surface area contributed by atoms with E-state index in [1.165, 1.54) is 5.56 Å². The average Bonchev–Trinajstić information content (AvgIpc) is 3.51. The summed E-state index contributed by atoms with van der Waals surface area (Å²) < 4.78 is 0. The number of hydrogen-bond donors (Lipinski definition) is 1. The van der Waals surface area contributed by atoms with Gasteiger partial charge in [-0.1, -0.05) is 60.7 Å². The van der Waals surface area contributed by atoms with Gasteiger partial charge in [-0.25, -0.2) is 5.43 Å². The van der Waals surface area contributed by atoms with E-state index in [4.69, 9.17) is 0 Å². The first-order valence-corrected chi connectivity index (χ1v) is 8.71. The first kappa shape index (κ1) is 16.2. The third kappa shape index (κ3) is 3.54. The molecular formula is C22H19N3O. The van der Waals surface area contributed by atoms with Gasteiger partial charge >= 0.3 is 0 Å². The third-order valence-electron chi connectivity index (χ3n) is 4.62. The van der Waals surface area contributed by atoms with Crippen LogP contribution in [0.2, 0.25) is 0 Å². The van der Waals surface area contributed by atoms with E-state index in [9.17, 15) is 4.79 Å². The van der Waals surface area contributed by atoms with Gasteiger partial charge in [-0.05, 0) is 30.0 Å². The van der Waals surface area contributed by atoms with Gasteiger partial charge in [0.15, 0.2) is 0 Å². The molecule has 1 amide bonds. The topological polar surface area (TPSA) is 54.4 Å². The van der Waals surface area contributed by atoms with Crippen LogP contribution in [0.4, 0.5) is 0 Å². The Labute approximate surface area is 152 Å². The number of hydrogen-bond acceptors (Lipinski definition) is 3. The molecule has 3 aromatic rings. The van der Waals surface area contributed by atoms with Crippen molar-refractivity contribution in [2.24, 2.45) is 11.0 Å². The highest BCUT2D eigenvalue weighted by Gasteiger charge is 2.43. The summed E-state index contributed by atoms with van der Waals surface area (Å²) in [6, 6.07) is 23.8. The average molecular weight is 341 g/mol. The molecule has 4 nitrogen and oxygen atoms in total. The number of hydrazone groups is 1. The Kier molecular flexibility index (Phi) is 4.56. The van der Waals surface area contributed by atoms with Crippen LogP contribution in [0.15, 0.2) is 90.3 Å². The summed E-state index contributed by atoms with van der Waals surface area (Å²) >= 11 is 0. The molecule has 2 atom stereocenters. The van der Waals surface area contributed by atoms with E-state index in [0.717, 1.165) is 17.5 Å². The highest BCUT2D eigenvalue weighted by atomic mass is 16.2. The molecule has 0 unspecified atom stereocenters. The SMILES string of the molecule is O=C(N/N=C(/c1ccccc1)c1cccnc1)[C@@H]1C[C@@H]1c1ccccc1. The molecule has 0 radical (unpaired) electrons. The lowest BCUT2D eigenvalue weighted by Gasteiger charge is -2.07. The van der Waals surface area contributed by atoms with Crippen molar-refractivity contribution in [3.05, 3.63) is 102 Å². The number of benzene rings is 2. The summed E-state index contributed by atoms with van der Waals surface area (Å²) in [6.07, 6.45) is 4.35. The first-order valence-electron chi connectivity index (χ1n) is 8.71. The van der Waals surface area contributed by atoms with E-state index in [-0.39, 0.29) is 11.8 Å². The normalized spacial score (nSPS) is 19.0. The summed E-state index contributed by atoms with van der Waals surface area (Å²) in [5.74, 6) is 0.258. The Morgan fingerprint density at radius 3 is 2.31 bits per heavy atom. The summed E-state index contributed by atoms with van der Waals surface area (Å²) in [6.45, 7) is 0. The van der Waals surface area contributed by atoms with Crippen LogP contribution in [0.3, 0.4) is 0 Å². The Morgan fingerprint density at radius 2 is 1.62 bits per heavy atom. The highest BCUT2D eigenvalue weighted by molar-refractivity contribution is 6.13. The van der Waals surface area contributed by atoms with Crippen LogP contribution < -0.4 is 5.43 Å². The molecule has 0 aliphatic heterocycles. The second-order valence-electron chi connectivity index (χ2n) is 6.40. The van der Waals surface area contributed by atoms with E-state index in [0.29, 0.717) is 11.6 Å². The predicted molar refractivity (Wildman–Crippen MR) is 102 cm³/mol.